The minimum Gasteiger partial charge on any atom is -0.393 e. The third-order valence-electron chi connectivity index (χ3n) is 2.98. The van der Waals surface area contributed by atoms with Crippen molar-refractivity contribution in [2.24, 2.45) is 5.41 Å². The summed E-state index contributed by atoms with van der Waals surface area (Å²) in [5.41, 5.74) is -0.306. The fraction of sp³-hybridized carbons (Fsp3) is 1.00. The van der Waals surface area contributed by atoms with Crippen LogP contribution >= 0.6 is 0 Å². The van der Waals surface area contributed by atoms with Gasteiger partial charge in [0.05, 0.1) is 12.2 Å². The lowest BCUT2D eigenvalue weighted by molar-refractivity contribution is -0.0593. The van der Waals surface area contributed by atoms with Crippen molar-refractivity contribution in [2.75, 3.05) is 0 Å². The van der Waals surface area contributed by atoms with E-state index in [0.29, 0.717) is 0 Å². The van der Waals surface area contributed by atoms with Crippen molar-refractivity contribution in [3.8, 4) is 0 Å². The van der Waals surface area contributed by atoms with E-state index in [-0.39, 0.29) is 5.41 Å². The Labute approximate surface area is 69.2 Å². The quantitative estimate of drug-likeness (QED) is 0.655. The topological polar surface area (TPSA) is 40.5 Å². The van der Waals surface area contributed by atoms with Crippen LogP contribution in [0.1, 0.15) is 40.5 Å². The van der Waals surface area contributed by atoms with Gasteiger partial charge in [0.1, 0.15) is 0 Å². The second-order valence-corrected chi connectivity index (χ2v) is 3.29. The molecular weight excluding hydrogens is 140 g/mol. The van der Waals surface area contributed by atoms with Crippen molar-refractivity contribution >= 4 is 0 Å². The number of aliphatic hydroxyl groups excluding tert-OH is 2. The average Bonchev–Trinajstić information content (AvgIpc) is 1.90. The molecule has 2 nitrogen and oxygen atoms in total. The molecule has 0 spiro atoms. The highest BCUT2D eigenvalue weighted by Gasteiger charge is 2.36. The lowest BCUT2D eigenvalue weighted by Crippen LogP contribution is -2.41. The summed E-state index contributed by atoms with van der Waals surface area (Å²) in [5.74, 6) is 0. The molecule has 2 unspecified atom stereocenters. The fourth-order valence-electron chi connectivity index (χ4n) is 1.78. The van der Waals surface area contributed by atoms with Gasteiger partial charge in [-0.15, -0.1) is 0 Å². The smallest absolute Gasteiger partial charge is 0.0592 e. The second-order valence-electron chi connectivity index (χ2n) is 3.29. The Hall–Kier alpha value is -0.0800. The van der Waals surface area contributed by atoms with Gasteiger partial charge in [-0.2, -0.15) is 0 Å². The summed E-state index contributed by atoms with van der Waals surface area (Å²) >= 11 is 0. The van der Waals surface area contributed by atoms with Crippen LogP contribution in [0.5, 0.6) is 0 Å². The molecule has 0 saturated carbocycles. The van der Waals surface area contributed by atoms with Gasteiger partial charge < -0.3 is 10.2 Å². The van der Waals surface area contributed by atoms with Crippen molar-refractivity contribution < 1.29 is 10.2 Å². The molecule has 0 aromatic carbocycles. The molecule has 0 aromatic rings. The summed E-state index contributed by atoms with van der Waals surface area (Å²) in [4.78, 5) is 0. The van der Waals surface area contributed by atoms with Crippen LogP contribution in [-0.4, -0.2) is 22.4 Å². The van der Waals surface area contributed by atoms with E-state index in [2.05, 4.69) is 0 Å². The normalized spacial score (nSPS) is 18.0. The predicted octanol–water partition coefficient (Wildman–Crippen LogP) is 1.55. The molecule has 11 heavy (non-hydrogen) atoms. The van der Waals surface area contributed by atoms with E-state index < -0.39 is 12.2 Å². The first kappa shape index (κ1) is 10.9. The molecule has 0 heterocycles. The van der Waals surface area contributed by atoms with Gasteiger partial charge in [-0.05, 0) is 26.7 Å². The summed E-state index contributed by atoms with van der Waals surface area (Å²) in [6.45, 7) is 7.51. The maximum Gasteiger partial charge on any atom is 0.0592 e. The van der Waals surface area contributed by atoms with Crippen LogP contribution in [0, 0.1) is 5.41 Å². The minimum absolute atomic E-state index is 0.306. The summed E-state index contributed by atoms with van der Waals surface area (Å²) in [7, 11) is 0. The van der Waals surface area contributed by atoms with Crippen molar-refractivity contribution in [1.82, 2.24) is 0 Å². The minimum atomic E-state index is -0.433. The first-order valence-corrected chi connectivity index (χ1v) is 4.37. The van der Waals surface area contributed by atoms with E-state index in [4.69, 9.17) is 0 Å². The molecule has 2 N–H and O–H groups in total. The standard InChI is InChI=1S/C9H20O2/c1-5-9(6-2,7(3)10)8(4)11/h7-8,10-11H,5-6H2,1-4H3. The molecule has 0 aliphatic carbocycles. The lowest BCUT2D eigenvalue weighted by atomic mass is 9.73. The molecule has 0 aromatic heterocycles. The van der Waals surface area contributed by atoms with E-state index in [0.717, 1.165) is 12.8 Å². The Morgan fingerprint density at radius 2 is 1.27 bits per heavy atom. The van der Waals surface area contributed by atoms with Gasteiger partial charge in [0.2, 0.25) is 0 Å². The van der Waals surface area contributed by atoms with E-state index in [1.54, 1.807) is 13.8 Å². The van der Waals surface area contributed by atoms with Crippen molar-refractivity contribution in [2.45, 2.75) is 52.7 Å². The zero-order valence-electron chi connectivity index (χ0n) is 7.96. The Balaban J connectivity index is 4.46. The summed E-state index contributed by atoms with van der Waals surface area (Å²) in [6, 6.07) is 0. The van der Waals surface area contributed by atoms with E-state index in [1.807, 2.05) is 13.8 Å². The molecule has 0 rings (SSSR count). The molecule has 0 amide bonds. The molecular formula is C9H20O2. The molecule has 0 saturated heterocycles. The van der Waals surface area contributed by atoms with Crippen molar-refractivity contribution in [3.05, 3.63) is 0 Å². The fourth-order valence-corrected chi connectivity index (χ4v) is 1.78. The number of aliphatic hydroxyl groups is 2. The van der Waals surface area contributed by atoms with Gasteiger partial charge >= 0.3 is 0 Å². The second kappa shape index (κ2) is 4.07. The zero-order chi connectivity index (χ0) is 9.07. The summed E-state index contributed by atoms with van der Waals surface area (Å²) < 4.78 is 0. The van der Waals surface area contributed by atoms with Gasteiger partial charge in [0, 0.05) is 5.41 Å². The molecule has 0 aliphatic heterocycles. The summed E-state index contributed by atoms with van der Waals surface area (Å²) in [6.07, 6.45) is 0.771. The zero-order valence-corrected chi connectivity index (χ0v) is 7.96. The highest BCUT2D eigenvalue weighted by atomic mass is 16.3. The maximum atomic E-state index is 9.47. The van der Waals surface area contributed by atoms with Gasteiger partial charge in [-0.25, -0.2) is 0 Å². The van der Waals surface area contributed by atoms with Crippen molar-refractivity contribution in [3.63, 3.8) is 0 Å². The highest BCUT2D eigenvalue weighted by molar-refractivity contribution is 4.86. The van der Waals surface area contributed by atoms with E-state index >= 15 is 0 Å². The van der Waals surface area contributed by atoms with Crippen LogP contribution in [-0.2, 0) is 0 Å². The molecule has 2 heteroatoms. The largest absolute Gasteiger partial charge is 0.393 e. The van der Waals surface area contributed by atoms with Crippen LogP contribution in [0.25, 0.3) is 0 Å². The van der Waals surface area contributed by atoms with E-state index in [1.165, 1.54) is 0 Å². The van der Waals surface area contributed by atoms with Crippen LogP contribution in [0.4, 0.5) is 0 Å². The van der Waals surface area contributed by atoms with Crippen LogP contribution < -0.4 is 0 Å². The Kier molecular flexibility index (Phi) is 4.04. The third kappa shape index (κ3) is 1.94. The first-order valence-electron chi connectivity index (χ1n) is 4.37. The summed E-state index contributed by atoms with van der Waals surface area (Å²) in [5, 5.41) is 18.9. The first-order chi connectivity index (χ1) is 5.01. The predicted molar refractivity (Wildman–Crippen MR) is 46.4 cm³/mol. The molecule has 2 atom stereocenters. The third-order valence-corrected chi connectivity index (χ3v) is 2.98. The number of hydrogen-bond donors (Lipinski definition) is 2. The molecule has 0 fully saturated rings. The molecule has 68 valence electrons. The SMILES string of the molecule is CCC(CC)(C(C)O)C(C)O. The highest BCUT2D eigenvalue weighted by Crippen LogP contribution is 2.34. The van der Waals surface area contributed by atoms with Gasteiger partial charge in [0.15, 0.2) is 0 Å². The van der Waals surface area contributed by atoms with Crippen molar-refractivity contribution in [1.29, 1.82) is 0 Å². The van der Waals surface area contributed by atoms with Gasteiger partial charge in [-0.3, -0.25) is 0 Å². The molecule has 0 aliphatic rings. The Morgan fingerprint density at radius 1 is 1.00 bits per heavy atom. The lowest BCUT2D eigenvalue weighted by Gasteiger charge is -2.37. The molecule has 0 radical (unpaired) electrons. The van der Waals surface area contributed by atoms with E-state index in [9.17, 15) is 10.2 Å². The Bertz CT molecular complexity index is 94.1. The molecule has 0 bridgehead atoms. The Morgan fingerprint density at radius 3 is 1.27 bits per heavy atom. The van der Waals surface area contributed by atoms with Gasteiger partial charge in [-0.1, -0.05) is 13.8 Å². The number of hydrogen-bond acceptors (Lipinski definition) is 2. The van der Waals surface area contributed by atoms with Crippen LogP contribution in [0.15, 0.2) is 0 Å². The van der Waals surface area contributed by atoms with Crippen LogP contribution in [0.3, 0.4) is 0 Å². The van der Waals surface area contributed by atoms with Gasteiger partial charge in [0.25, 0.3) is 0 Å². The number of rotatable bonds is 4. The monoisotopic (exact) mass is 160 g/mol. The maximum absolute atomic E-state index is 9.47. The van der Waals surface area contributed by atoms with Crippen LogP contribution in [0.2, 0.25) is 0 Å². The average molecular weight is 160 g/mol.